The van der Waals surface area contributed by atoms with Crippen LogP contribution >= 0.6 is 11.6 Å². The molecule has 1 aliphatic heterocycles. The number of benzene rings is 2. The zero-order valence-electron chi connectivity index (χ0n) is 14.9. The van der Waals surface area contributed by atoms with Gasteiger partial charge in [-0.1, -0.05) is 41.9 Å². The maximum absolute atomic E-state index is 12.5. The van der Waals surface area contributed by atoms with Crippen molar-refractivity contribution in [3.8, 4) is 11.3 Å². The highest BCUT2D eigenvalue weighted by Gasteiger charge is 2.33. The number of hydrogen-bond acceptors (Lipinski definition) is 4. The summed E-state index contributed by atoms with van der Waals surface area (Å²) in [6, 6.07) is 17.4. The summed E-state index contributed by atoms with van der Waals surface area (Å²) in [5, 5.41) is 3.66. The number of nitrogens with zero attached hydrogens (tertiary/aromatic N) is 3. The molecular weight excluding hydrogens is 360 g/mol. The van der Waals surface area contributed by atoms with Crippen molar-refractivity contribution < 1.29 is 4.79 Å². The molecule has 3 aromatic rings. The van der Waals surface area contributed by atoms with Crippen LogP contribution in [0.2, 0.25) is 5.02 Å². The first kappa shape index (κ1) is 17.5. The molecule has 1 fully saturated rings. The molecule has 2 heterocycles. The van der Waals surface area contributed by atoms with Gasteiger partial charge in [-0.05, 0) is 30.7 Å². The Labute approximate surface area is 163 Å². The normalized spacial score (nSPS) is 13.9. The molecule has 0 unspecified atom stereocenters. The van der Waals surface area contributed by atoms with E-state index in [1.165, 1.54) is 0 Å². The van der Waals surface area contributed by atoms with E-state index in [1.807, 2.05) is 55.5 Å². The van der Waals surface area contributed by atoms with Crippen LogP contribution in [0.1, 0.15) is 5.56 Å². The second kappa shape index (κ2) is 7.37. The summed E-state index contributed by atoms with van der Waals surface area (Å²) >= 11 is 5.97. The molecule has 1 saturated heterocycles. The van der Waals surface area contributed by atoms with E-state index in [2.05, 4.69) is 20.2 Å². The van der Waals surface area contributed by atoms with Crippen molar-refractivity contribution in [2.24, 2.45) is 5.92 Å². The third kappa shape index (κ3) is 3.78. The summed E-state index contributed by atoms with van der Waals surface area (Å²) < 4.78 is 0. The fourth-order valence-electron chi connectivity index (χ4n) is 3.12. The van der Waals surface area contributed by atoms with E-state index in [4.69, 9.17) is 11.6 Å². The van der Waals surface area contributed by atoms with Gasteiger partial charge in [-0.3, -0.25) is 4.79 Å². The number of carbonyl (C=O) groups excluding carboxylic acids is 1. The van der Waals surface area contributed by atoms with Crippen LogP contribution in [-0.2, 0) is 4.79 Å². The van der Waals surface area contributed by atoms with Gasteiger partial charge in [0.05, 0.1) is 11.6 Å². The van der Waals surface area contributed by atoms with E-state index in [9.17, 15) is 4.79 Å². The second-order valence-corrected chi connectivity index (χ2v) is 7.11. The lowest BCUT2D eigenvalue weighted by Gasteiger charge is -2.39. The molecule has 1 N–H and O–H groups in total. The van der Waals surface area contributed by atoms with Crippen molar-refractivity contribution in [3.63, 3.8) is 0 Å². The minimum Gasteiger partial charge on any atom is -0.355 e. The molecule has 1 aromatic heterocycles. The molecule has 0 bridgehead atoms. The Balaban J connectivity index is 1.40. The number of rotatable bonds is 4. The van der Waals surface area contributed by atoms with E-state index >= 15 is 0 Å². The van der Waals surface area contributed by atoms with Crippen LogP contribution in [0, 0.1) is 12.8 Å². The molecule has 0 saturated carbocycles. The Morgan fingerprint density at radius 3 is 2.63 bits per heavy atom. The fourth-order valence-corrected chi connectivity index (χ4v) is 3.35. The Bertz CT molecular complexity index is 971. The largest absolute Gasteiger partial charge is 0.355 e. The highest BCUT2D eigenvalue weighted by Crippen LogP contribution is 2.27. The molecule has 0 spiro atoms. The molecule has 0 atom stereocenters. The molecular formula is C21H19ClN4O. The van der Waals surface area contributed by atoms with E-state index in [0.717, 1.165) is 28.3 Å². The Morgan fingerprint density at radius 2 is 1.89 bits per heavy atom. The Hall–Kier alpha value is -2.92. The highest BCUT2D eigenvalue weighted by molar-refractivity contribution is 6.30. The number of aryl methyl sites for hydroxylation is 1. The minimum atomic E-state index is -0.0600. The lowest BCUT2D eigenvalue weighted by atomic mass is 9.98. The number of aromatic nitrogens is 2. The van der Waals surface area contributed by atoms with Crippen molar-refractivity contribution in [1.29, 1.82) is 0 Å². The topological polar surface area (TPSA) is 58.1 Å². The fraction of sp³-hybridized carbons (Fsp3) is 0.190. The van der Waals surface area contributed by atoms with Crippen LogP contribution in [0.3, 0.4) is 0 Å². The maximum atomic E-state index is 12.5. The van der Waals surface area contributed by atoms with Crippen LogP contribution in [0.4, 0.5) is 11.5 Å². The molecule has 2 aromatic carbocycles. The van der Waals surface area contributed by atoms with Gasteiger partial charge in [0.2, 0.25) is 5.91 Å². The molecule has 136 valence electrons. The van der Waals surface area contributed by atoms with Gasteiger partial charge in [0, 0.05) is 35.4 Å². The number of nitrogens with one attached hydrogen (secondary N) is 1. The van der Waals surface area contributed by atoms with Crippen molar-refractivity contribution in [2.75, 3.05) is 23.3 Å². The number of halogens is 1. The molecule has 1 amide bonds. The first-order valence-corrected chi connectivity index (χ1v) is 9.17. The van der Waals surface area contributed by atoms with E-state index < -0.39 is 0 Å². The van der Waals surface area contributed by atoms with Crippen LogP contribution in [0.15, 0.2) is 60.9 Å². The zero-order valence-corrected chi connectivity index (χ0v) is 15.6. The first-order chi connectivity index (χ1) is 13.1. The predicted octanol–water partition coefficient (Wildman–Crippen LogP) is 4.18. The van der Waals surface area contributed by atoms with Crippen molar-refractivity contribution in [1.82, 2.24) is 9.97 Å². The van der Waals surface area contributed by atoms with Gasteiger partial charge in [-0.15, -0.1) is 0 Å². The third-order valence-corrected chi connectivity index (χ3v) is 4.98. The maximum Gasteiger partial charge on any atom is 0.231 e. The summed E-state index contributed by atoms with van der Waals surface area (Å²) in [6.07, 6.45) is 1.57. The molecule has 0 radical (unpaired) electrons. The molecule has 1 aliphatic rings. The highest BCUT2D eigenvalue weighted by atomic mass is 35.5. The number of carbonyl (C=O) groups is 1. The van der Waals surface area contributed by atoms with Crippen LogP contribution < -0.4 is 10.2 Å². The van der Waals surface area contributed by atoms with Crippen molar-refractivity contribution in [2.45, 2.75) is 6.92 Å². The van der Waals surface area contributed by atoms with Gasteiger partial charge in [0.15, 0.2) is 0 Å². The molecule has 4 rings (SSSR count). The van der Waals surface area contributed by atoms with E-state index in [0.29, 0.717) is 18.1 Å². The lowest BCUT2D eigenvalue weighted by Crippen LogP contribution is -2.52. The van der Waals surface area contributed by atoms with Gasteiger partial charge in [0.25, 0.3) is 0 Å². The lowest BCUT2D eigenvalue weighted by molar-refractivity contribution is -0.120. The monoisotopic (exact) mass is 378 g/mol. The number of hydrogen-bond donors (Lipinski definition) is 1. The first-order valence-electron chi connectivity index (χ1n) is 8.79. The van der Waals surface area contributed by atoms with Crippen LogP contribution in [-0.4, -0.2) is 29.0 Å². The molecule has 5 nitrogen and oxygen atoms in total. The van der Waals surface area contributed by atoms with Crippen molar-refractivity contribution in [3.05, 3.63) is 71.5 Å². The van der Waals surface area contributed by atoms with Gasteiger partial charge >= 0.3 is 0 Å². The van der Waals surface area contributed by atoms with E-state index in [1.54, 1.807) is 12.4 Å². The van der Waals surface area contributed by atoms with Crippen LogP contribution in [0.25, 0.3) is 11.3 Å². The molecule has 27 heavy (non-hydrogen) atoms. The second-order valence-electron chi connectivity index (χ2n) is 6.68. The zero-order chi connectivity index (χ0) is 18.8. The number of amides is 1. The van der Waals surface area contributed by atoms with Gasteiger partial charge in [-0.25, -0.2) is 9.97 Å². The van der Waals surface area contributed by atoms with Gasteiger partial charge in [-0.2, -0.15) is 0 Å². The number of anilines is 2. The average molecular weight is 379 g/mol. The standard InChI is InChI=1S/C21H19ClN4O/c1-14-9-17(22)7-8-18(14)25-21(27)16-11-26(12-16)20-10-19(23-13-24-20)15-5-3-2-4-6-15/h2-10,13,16H,11-12H2,1H3,(H,25,27). The molecule has 6 heteroatoms. The van der Waals surface area contributed by atoms with Gasteiger partial charge in [0.1, 0.15) is 12.1 Å². The van der Waals surface area contributed by atoms with Crippen molar-refractivity contribution >= 4 is 29.0 Å². The quantitative estimate of drug-likeness (QED) is 0.739. The summed E-state index contributed by atoms with van der Waals surface area (Å²) in [4.78, 5) is 23.3. The Kier molecular flexibility index (Phi) is 4.77. The summed E-state index contributed by atoms with van der Waals surface area (Å²) in [6.45, 7) is 3.22. The third-order valence-electron chi connectivity index (χ3n) is 4.74. The van der Waals surface area contributed by atoms with Gasteiger partial charge < -0.3 is 10.2 Å². The minimum absolute atomic E-state index is 0.0222. The summed E-state index contributed by atoms with van der Waals surface area (Å²) in [5.74, 6) is 0.805. The summed E-state index contributed by atoms with van der Waals surface area (Å²) in [5.41, 5.74) is 3.69. The summed E-state index contributed by atoms with van der Waals surface area (Å²) in [7, 11) is 0. The predicted molar refractivity (Wildman–Crippen MR) is 108 cm³/mol. The van der Waals surface area contributed by atoms with E-state index in [-0.39, 0.29) is 11.8 Å². The SMILES string of the molecule is Cc1cc(Cl)ccc1NC(=O)C1CN(c2cc(-c3ccccc3)ncn2)C1. The van der Waals surface area contributed by atoms with Crippen LogP contribution in [0.5, 0.6) is 0 Å². The Morgan fingerprint density at radius 1 is 1.11 bits per heavy atom. The average Bonchev–Trinajstić information content (AvgIpc) is 2.64. The smallest absolute Gasteiger partial charge is 0.231 e. The molecule has 0 aliphatic carbocycles.